The lowest BCUT2D eigenvalue weighted by Gasteiger charge is -2.35. The summed E-state index contributed by atoms with van der Waals surface area (Å²) < 4.78 is 6.05. The minimum atomic E-state index is 0.260. The zero-order valence-corrected chi connectivity index (χ0v) is 13.5. The summed E-state index contributed by atoms with van der Waals surface area (Å²) in [5.41, 5.74) is 6.89. The maximum atomic E-state index is 6.29. The van der Waals surface area contributed by atoms with E-state index in [9.17, 15) is 0 Å². The lowest BCUT2D eigenvalue weighted by Crippen LogP contribution is -2.46. The number of nitrogens with zero attached hydrogens (tertiary/aromatic N) is 4. The number of ether oxygens (including phenoxy) is 1. The average molecular weight is 305 g/mol. The van der Waals surface area contributed by atoms with Gasteiger partial charge < -0.3 is 20.3 Å². The van der Waals surface area contributed by atoms with Crippen molar-refractivity contribution < 1.29 is 4.74 Å². The molecule has 22 heavy (non-hydrogen) atoms. The number of piperazine rings is 1. The maximum absolute atomic E-state index is 6.29. The number of rotatable bonds is 4. The van der Waals surface area contributed by atoms with Crippen LogP contribution in [0.4, 0.5) is 11.5 Å². The number of aromatic nitrogens is 2. The van der Waals surface area contributed by atoms with Gasteiger partial charge in [-0.25, -0.2) is 4.98 Å². The first kappa shape index (κ1) is 15.3. The molecule has 122 valence electrons. The number of hydrogen-bond donors (Lipinski definition) is 1. The van der Waals surface area contributed by atoms with E-state index in [0.29, 0.717) is 11.6 Å². The summed E-state index contributed by atoms with van der Waals surface area (Å²) in [6.45, 7) is 7.32. The highest BCUT2D eigenvalue weighted by Gasteiger charge is 2.23. The third-order valence-electron chi connectivity index (χ3n) is 4.78. The zero-order valence-electron chi connectivity index (χ0n) is 13.5. The second-order valence-corrected chi connectivity index (χ2v) is 6.22. The normalized spacial score (nSPS) is 21.0. The fraction of sp³-hybridized carbons (Fsp3) is 0.750. The molecule has 3 rings (SSSR count). The van der Waals surface area contributed by atoms with Crippen molar-refractivity contribution in [3.63, 3.8) is 0 Å². The van der Waals surface area contributed by atoms with Crippen LogP contribution in [0.3, 0.4) is 0 Å². The molecule has 2 fully saturated rings. The van der Waals surface area contributed by atoms with Gasteiger partial charge in [-0.2, -0.15) is 4.98 Å². The standard InChI is InChI=1S/C16H27N5O/c1-2-20-8-10-21(11-9-20)15-14(17)16(19-12-18-15)22-13-6-4-3-5-7-13/h12-13H,2-11,17H2,1H3. The number of nitrogen functional groups attached to an aromatic ring is 1. The van der Waals surface area contributed by atoms with Crippen LogP contribution in [0.1, 0.15) is 39.0 Å². The highest BCUT2D eigenvalue weighted by atomic mass is 16.5. The fourth-order valence-corrected chi connectivity index (χ4v) is 3.33. The minimum absolute atomic E-state index is 0.260. The molecule has 2 heterocycles. The molecule has 1 saturated carbocycles. The Morgan fingerprint density at radius 2 is 1.86 bits per heavy atom. The van der Waals surface area contributed by atoms with E-state index in [2.05, 4.69) is 26.7 Å². The van der Waals surface area contributed by atoms with Crippen LogP contribution in [0.5, 0.6) is 5.88 Å². The molecule has 6 heteroatoms. The third kappa shape index (κ3) is 3.43. The Morgan fingerprint density at radius 1 is 1.14 bits per heavy atom. The Morgan fingerprint density at radius 3 is 2.55 bits per heavy atom. The lowest BCUT2D eigenvalue weighted by molar-refractivity contribution is 0.149. The van der Waals surface area contributed by atoms with Gasteiger partial charge in [0.05, 0.1) is 0 Å². The van der Waals surface area contributed by atoms with Crippen molar-refractivity contribution >= 4 is 11.5 Å². The molecule has 6 nitrogen and oxygen atoms in total. The average Bonchev–Trinajstić information content (AvgIpc) is 2.58. The van der Waals surface area contributed by atoms with Crippen LogP contribution in [0.2, 0.25) is 0 Å². The summed E-state index contributed by atoms with van der Waals surface area (Å²) >= 11 is 0. The first-order valence-electron chi connectivity index (χ1n) is 8.52. The number of hydrogen-bond acceptors (Lipinski definition) is 6. The molecule has 1 aromatic heterocycles. The van der Waals surface area contributed by atoms with Crippen molar-refractivity contribution in [2.45, 2.75) is 45.1 Å². The van der Waals surface area contributed by atoms with Gasteiger partial charge in [-0.3, -0.25) is 0 Å². The molecule has 1 saturated heterocycles. The van der Waals surface area contributed by atoms with E-state index in [1.807, 2.05) is 0 Å². The Balaban J connectivity index is 1.69. The van der Waals surface area contributed by atoms with Crippen LogP contribution >= 0.6 is 0 Å². The van der Waals surface area contributed by atoms with E-state index < -0.39 is 0 Å². The molecular formula is C16H27N5O. The van der Waals surface area contributed by atoms with E-state index in [0.717, 1.165) is 51.4 Å². The van der Waals surface area contributed by atoms with Crippen molar-refractivity contribution in [3.8, 4) is 5.88 Å². The van der Waals surface area contributed by atoms with Crippen molar-refractivity contribution in [1.82, 2.24) is 14.9 Å². The molecule has 0 atom stereocenters. The highest BCUT2D eigenvalue weighted by molar-refractivity contribution is 5.67. The van der Waals surface area contributed by atoms with Crippen molar-refractivity contribution in [2.24, 2.45) is 0 Å². The van der Waals surface area contributed by atoms with Crippen LogP contribution < -0.4 is 15.4 Å². The number of anilines is 2. The number of nitrogens with two attached hydrogens (primary N) is 1. The van der Waals surface area contributed by atoms with Gasteiger partial charge in [0.25, 0.3) is 0 Å². The summed E-state index contributed by atoms with van der Waals surface area (Å²) in [6.07, 6.45) is 7.84. The largest absolute Gasteiger partial charge is 0.473 e. The summed E-state index contributed by atoms with van der Waals surface area (Å²) in [6, 6.07) is 0. The molecule has 0 unspecified atom stereocenters. The van der Waals surface area contributed by atoms with E-state index in [4.69, 9.17) is 10.5 Å². The molecule has 0 radical (unpaired) electrons. The van der Waals surface area contributed by atoms with Crippen LogP contribution in [0, 0.1) is 0 Å². The van der Waals surface area contributed by atoms with Crippen molar-refractivity contribution in [3.05, 3.63) is 6.33 Å². The van der Waals surface area contributed by atoms with Gasteiger partial charge in [-0.05, 0) is 32.2 Å². The summed E-state index contributed by atoms with van der Waals surface area (Å²) in [5, 5.41) is 0. The lowest BCUT2D eigenvalue weighted by atomic mass is 9.98. The highest BCUT2D eigenvalue weighted by Crippen LogP contribution is 2.31. The molecule has 1 aliphatic heterocycles. The topological polar surface area (TPSA) is 67.5 Å². The molecule has 0 amide bonds. The van der Waals surface area contributed by atoms with E-state index in [1.54, 1.807) is 6.33 Å². The zero-order chi connectivity index (χ0) is 15.4. The molecule has 2 N–H and O–H groups in total. The molecule has 1 aromatic rings. The van der Waals surface area contributed by atoms with Gasteiger partial charge in [-0.15, -0.1) is 0 Å². The third-order valence-corrected chi connectivity index (χ3v) is 4.78. The fourth-order valence-electron chi connectivity index (χ4n) is 3.33. The van der Waals surface area contributed by atoms with Crippen LogP contribution in [0.25, 0.3) is 0 Å². The summed E-state index contributed by atoms with van der Waals surface area (Å²) in [4.78, 5) is 13.3. The molecule has 0 bridgehead atoms. The molecular weight excluding hydrogens is 278 g/mol. The van der Waals surface area contributed by atoms with Gasteiger partial charge in [0, 0.05) is 26.2 Å². The van der Waals surface area contributed by atoms with Gasteiger partial charge in [0.15, 0.2) is 5.82 Å². The van der Waals surface area contributed by atoms with Gasteiger partial charge in [0.2, 0.25) is 5.88 Å². The van der Waals surface area contributed by atoms with Crippen molar-refractivity contribution in [1.29, 1.82) is 0 Å². The molecule has 2 aliphatic rings. The van der Waals surface area contributed by atoms with Gasteiger partial charge >= 0.3 is 0 Å². The van der Waals surface area contributed by atoms with E-state index >= 15 is 0 Å². The van der Waals surface area contributed by atoms with E-state index in [-0.39, 0.29) is 6.10 Å². The molecule has 0 aromatic carbocycles. The van der Waals surface area contributed by atoms with Crippen LogP contribution in [-0.2, 0) is 0 Å². The first-order valence-corrected chi connectivity index (χ1v) is 8.52. The quantitative estimate of drug-likeness (QED) is 0.916. The predicted molar refractivity (Wildman–Crippen MR) is 88.3 cm³/mol. The molecule has 1 aliphatic carbocycles. The Hall–Kier alpha value is -1.56. The van der Waals surface area contributed by atoms with Crippen LogP contribution in [-0.4, -0.2) is 53.7 Å². The smallest absolute Gasteiger partial charge is 0.242 e. The van der Waals surface area contributed by atoms with Crippen LogP contribution in [0.15, 0.2) is 6.33 Å². The van der Waals surface area contributed by atoms with E-state index in [1.165, 1.54) is 19.3 Å². The monoisotopic (exact) mass is 305 g/mol. The SMILES string of the molecule is CCN1CCN(c2ncnc(OC3CCCCC3)c2N)CC1. The summed E-state index contributed by atoms with van der Waals surface area (Å²) in [5.74, 6) is 1.39. The second-order valence-electron chi connectivity index (χ2n) is 6.22. The Bertz CT molecular complexity index is 481. The first-order chi connectivity index (χ1) is 10.8. The molecule has 0 spiro atoms. The van der Waals surface area contributed by atoms with Crippen molar-refractivity contribution in [2.75, 3.05) is 43.4 Å². The van der Waals surface area contributed by atoms with Gasteiger partial charge in [0.1, 0.15) is 18.1 Å². The maximum Gasteiger partial charge on any atom is 0.242 e. The minimum Gasteiger partial charge on any atom is -0.473 e. The predicted octanol–water partition coefficient (Wildman–Crippen LogP) is 1.91. The summed E-state index contributed by atoms with van der Waals surface area (Å²) in [7, 11) is 0. The second kappa shape index (κ2) is 7.13. The van der Waals surface area contributed by atoms with Gasteiger partial charge in [-0.1, -0.05) is 13.3 Å². The Kier molecular flexibility index (Phi) is 4.97. The Labute approximate surface area is 132 Å². The number of likely N-dealkylation sites (N-methyl/N-ethyl adjacent to an activating group) is 1.